The Morgan fingerprint density at radius 1 is 1.30 bits per heavy atom. The number of hydrogen-bond donors (Lipinski definition) is 2. The van der Waals surface area contributed by atoms with E-state index in [-0.39, 0.29) is 0 Å². The third-order valence-electron chi connectivity index (χ3n) is 5.11. The highest BCUT2D eigenvalue weighted by Crippen LogP contribution is 2.40. The molecule has 6 nitrogen and oxygen atoms in total. The number of halogens is 1. The van der Waals surface area contributed by atoms with Gasteiger partial charge in [-0.15, -0.1) is 11.3 Å². The number of rotatable bonds is 4. The lowest BCUT2D eigenvalue weighted by molar-refractivity contribution is 0.00235. The number of thiazole rings is 1. The summed E-state index contributed by atoms with van der Waals surface area (Å²) in [5, 5.41) is 6.68. The van der Waals surface area contributed by atoms with Gasteiger partial charge in [0.1, 0.15) is 5.01 Å². The number of likely N-dealkylation sites (tertiary alicyclic amines) is 1. The number of pyridine rings is 1. The van der Waals surface area contributed by atoms with Crippen LogP contribution >= 0.6 is 27.3 Å². The maximum atomic E-state index is 6.46. The minimum Gasteiger partial charge on any atom is -0.398 e. The number of piperidine rings is 1. The number of dihydropyridines is 1. The van der Waals surface area contributed by atoms with Crippen LogP contribution in [0.15, 0.2) is 52.2 Å². The monoisotopic (exact) mass is 447 g/mol. The molecule has 0 aromatic carbocycles. The van der Waals surface area contributed by atoms with E-state index in [1.54, 1.807) is 24.6 Å². The first-order valence-corrected chi connectivity index (χ1v) is 10.6. The molecular weight excluding hydrogens is 426 g/mol. The van der Waals surface area contributed by atoms with Gasteiger partial charge in [0.25, 0.3) is 0 Å². The van der Waals surface area contributed by atoms with Crippen molar-refractivity contribution in [2.45, 2.75) is 24.6 Å². The second-order valence-corrected chi connectivity index (χ2v) is 8.34. The lowest BCUT2D eigenvalue weighted by Gasteiger charge is -2.47. The van der Waals surface area contributed by atoms with E-state index in [1.165, 1.54) is 0 Å². The van der Waals surface area contributed by atoms with E-state index in [4.69, 9.17) is 10.5 Å². The van der Waals surface area contributed by atoms with Crippen molar-refractivity contribution in [3.05, 3.63) is 62.9 Å². The quantitative estimate of drug-likeness (QED) is 0.749. The van der Waals surface area contributed by atoms with Crippen molar-refractivity contribution in [3.63, 3.8) is 0 Å². The zero-order chi connectivity index (χ0) is 18.9. The van der Waals surface area contributed by atoms with Crippen LogP contribution in [-0.4, -0.2) is 41.2 Å². The van der Waals surface area contributed by atoms with Gasteiger partial charge in [-0.25, -0.2) is 4.98 Å². The van der Waals surface area contributed by atoms with E-state index in [1.807, 2.05) is 29.8 Å². The summed E-state index contributed by atoms with van der Waals surface area (Å²) in [5.41, 5.74) is 8.26. The molecule has 1 saturated heterocycles. The number of ether oxygens (including phenoxy) is 1. The largest absolute Gasteiger partial charge is 0.398 e. The molecule has 8 heteroatoms. The number of aromatic nitrogens is 2. The summed E-state index contributed by atoms with van der Waals surface area (Å²) in [4.78, 5) is 11.6. The number of nitrogens with zero attached hydrogens (tertiary/aromatic N) is 3. The Morgan fingerprint density at radius 2 is 2.11 bits per heavy atom. The molecule has 3 N–H and O–H groups in total. The minimum atomic E-state index is -0.596. The van der Waals surface area contributed by atoms with E-state index in [9.17, 15) is 0 Å². The first kappa shape index (κ1) is 18.6. The Kier molecular flexibility index (Phi) is 5.32. The van der Waals surface area contributed by atoms with Crippen LogP contribution in [0.1, 0.15) is 23.5 Å². The SMILES string of the molecule is COC1CCN(C2(c3nccs3)C=C(N)C(Br)=C(c3ccccn3)N2)CC1. The molecule has 1 unspecified atom stereocenters. The van der Waals surface area contributed by atoms with Gasteiger partial charge in [-0.1, -0.05) is 6.07 Å². The molecule has 2 aromatic rings. The normalized spacial score (nSPS) is 24.6. The van der Waals surface area contributed by atoms with Gasteiger partial charge >= 0.3 is 0 Å². The fourth-order valence-corrected chi connectivity index (χ4v) is 4.89. The first-order chi connectivity index (χ1) is 13.1. The summed E-state index contributed by atoms with van der Waals surface area (Å²) < 4.78 is 6.37. The molecule has 2 aliphatic heterocycles. The van der Waals surface area contributed by atoms with Crippen molar-refractivity contribution in [2.75, 3.05) is 20.2 Å². The summed E-state index contributed by atoms with van der Waals surface area (Å²) in [6, 6.07) is 5.86. The molecule has 27 heavy (non-hydrogen) atoms. The molecule has 0 spiro atoms. The molecule has 2 aliphatic rings. The Labute approximate surface area is 171 Å². The summed E-state index contributed by atoms with van der Waals surface area (Å²) in [6.07, 6.45) is 7.94. The summed E-state index contributed by atoms with van der Waals surface area (Å²) in [5.74, 6) is 0. The van der Waals surface area contributed by atoms with Crippen LogP contribution in [0, 0.1) is 0 Å². The smallest absolute Gasteiger partial charge is 0.166 e. The second kappa shape index (κ2) is 7.71. The Balaban J connectivity index is 1.77. The Hall–Kier alpha value is -1.74. The van der Waals surface area contributed by atoms with E-state index >= 15 is 0 Å². The molecule has 0 aliphatic carbocycles. The maximum Gasteiger partial charge on any atom is 0.166 e. The van der Waals surface area contributed by atoms with E-state index in [0.29, 0.717) is 11.8 Å². The van der Waals surface area contributed by atoms with Gasteiger partial charge in [0.15, 0.2) is 5.66 Å². The number of nitrogens with two attached hydrogens (primary N) is 1. The van der Waals surface area contributed by atoms with Crippen molar-refractivity contribution in [2.24, 2.45) is 5.73 Å². The van der Waals surface area contributed by atoms with E-state index in [2.05, 4.69) is 42.2 Å². The Bertz CT molecular complexity index is 846. The molecule has 0 saturated carbocycles. The van der Waals surface area contributed by atoms with Crippen molar-refractivity contribution >= 4 is 33.0 Å². The maximum absolute atomic E-state index is 6.46. The van der Waals surface area contributed by atoms with Crippen LogP contribution < -0.4 is 11.1 Å². The lowest BCUT2D eigenvalue weighted by atomic mass is 9.97. The predicted octanol–water partition coefficient (Wildman–Crippen LogP) is 3.01. The van der Waals surface area contributed by atoms with Crippen LogP contribution in [0.25, 0.3) is 5.70 Å². The summed E-state index contributed by atoms with van der Waals surface area (Å²) in [7, 11) is 1.78. The molecule has 0 radical (unpaired) electrons. The highest BCUT2D eigenvalue weighted by molar-refractivity contribution is 9.12. The molecule has 0 amide bonds. The highest BCUT2D eigenvalue weighted by Gasteiger charge is 2.44. The van der Waals surface area contributed by atoms with Crippen LogP contribution in [0.2, 0.25) is 0 Å². The lowest BCUT2D eigenvalue weighted by Crippen LogP contribution is -2.58. The molecule has 2 aromatic heterocycles. The minimum absolute atomic E-state index is 0.303. The first-order valence-electron chi connectivity index (χ1n) is 8.90. The van der Waals surface area contributed by atoms with Crippen molar-refractivity contribution in [3.8, 4) is 0 Å². The molecule has 142 valence electrons. The van der Waals surface area contributed by atoms with Gasteiger partial charge < -0.3 is 15.8 Å². The topological polar surface area (TPSA) is 76.3 Å². The molecular formula is C19H22BrN5OS. The third-order valence-corrected chi connectivity index (χ3v) is 6.86. The van der Waals surface area contributed by atoms with Crippen LogP contribution in [-0.2, 0) is 10.4 Å². The van der Waals surface area contributed by atoms with Gasteiger partial charge in [0.05, 0.1) is 22.0 Å². The Morgan fingerprint density at radius 3 is 2.74 bits per heavy atom. The van der Waals surface area contributed by atoms with Crippen molar-refractivity contribution in [1.82, 2.24) is 20.2 Å². The van der Waals surface area contributed by atoms with Crippen molar-refractivity contribution < 1.29 is 4.74 Å². The number of methoxy groups -OCH3 is 1. The fraction of sp³-hybridized carbons (Fsp3) is 0.368. The van der Waals surface area contributed by atoms with Crippen LogP contribution in [0.5, 0.6) is 0 Å². The number of hydrogen-bond acceptors (Lipinski definition) is 7. The van der Waals surface area contributed by atoms with Gasteiger partial charge in [0.2, 0.25) is 0 Å². The summed E-state index contributed by atoms with van der Waals surface area (Å²) in [6.45, 7) is 1.78. The standard InChI is InChI=1S/C19H22BrN5OS/c1-26-13-5-9-25(10-6-13)19(18-23-8-11-27-18)12-14(21)16(20)17(24-19)15-4-2-3-7-22-15/h2-4,7-8,11-13,24H,5-6,9-10,21H2,1H3. The van der Waals surface area contributed by atoms with Gasteiger partial charge in [-0.2, -0.15) is 0 Å². The highest BCUT2D eigenvalue weighted by atomic mass is 79.9. The third kappa shape index (κ3) is 3.42. The van der Waals surface area contributed by atoms with Crippen LogP contribution in [0.4, 0.5) is 0 Å². The van der Waals surface area contributed by atoms with E-state index < -0.39 is 5.66 Å². The fourth-order valence-electron chi connectivity index (χ4n) is 3.68. The molecule has 1 fully saturated rings. The number of nitrogens with one attached hydrogen (secondary N) is 1. The van der Waals surface area contributed by atoms with E-state index in [0.717, 1.165) is 46.8 Å². The average Bonchev–Trinajstić information content (AvgIpc) is 3.26. The molecule has 0 bridgehead atoms. The predicted molar refractivity (Wildman–Crippen MR) is 111 cm³/mol. The summed E-state index contributed by atoms with van der Waals surface area (Å²) >= 11 is 5.27. The molecule has 1 atom stereocenters. The zero-order valence-electron chi connectivity index (χ0n) is 15.1. The van der Waals surface area contributed by atoms with Gasteiger partial charge in [0, 0.05) is 43.7 Å². The second-order valence-electron chi connectivity index (χ2n) is 6.65. The molecule has 4 heterocycles. The van der Waals surface area contributed by atoms with Gasteiger partial charge in [-0.3, -0.25) is 9.88 Å². The zero-order valence-corrected chi connectivity index (χ0v) is 17.5. The molecule has 4 rings (SSSR count). The van der Waals surface area contributed by atoms with Gasteiger partial charge in [-0.05, 0) is 47.0 Å². The van der Waals surface area contributed by atoms with Crippen molar-refractivity contribution in [1.29, 1.82) is 0 Å². The number of allylic oxidation sites excluding steroid dienone is 1. The van der Waals surface area contributed by atoms with Crippen LogP contribution in [0.3, 0.4) is 0 Å². The average molecular weight is 448 g/mol.